The van der Waals surface area contributed by atoms with E-state index < -0.39 is 0 Å². The number of rotatable bonds is 5. The van der Waals surface area contributed by atoms with Gasteiger partial charge in [-0.15, -0.1) is 0 Å². The number of methoxy groups -OCH3 is 1. The van der Waals surface area contributed by atoms with Crippen LogP contribution in [0.15, 0.2) is 42.6 Å². The van der Waals surface area contributed by atoms with Crippen molar-refractivity contribution in [2.24, 2.45) is 0 Å². The first-order valence-electron chi connectivity index (χ1n) is 7.35. The van der Waals surface area contributed by atoms with E-state index in [9.17, 15) is 0 Å². The summed E-state index contributed by atoms with van der Waals surface area (Å²) in [5, 5.41) is 3.33. The van der Waals surface area contributed by atoms with Gasteiger partial charge in [0.15, 0.2) is 0 Å². The van der Waals surface area contributed by atoms with Gasteiger partial charge in [-0.2, -0.15) is 0 Å². The highest BCUT2D eigenvalue weighted by Crippen LogP contribution is 2.29. The van der Waals surface area contributed by atoms with E-state index in [2.05, 4.69) is 22.7 Å². The largest absolute Gasteiger partial charge is 0.495 e. The van der Waals surface area contributed by atoms with Gasteiger partial charge in [-0.05, 0) is 36.9 Å². The summed E-state index contributed by atoms with van der Waals surface area (Å²) < 4.78 is 7.41. The van der Waals surface area contributed by atoms with E-state index >= 15 is 0 Å². The number of hydrogen-bond acceptors (Lipinski definition) is 4. The molecular formula is C17H20N4O. The Hall–Kier alpha value is -2.53. The lowest BCUT2D eigenvalue weighted by atomic mass is 10.2. The smallest absolute Gasteiger partial charge is 0.145 e. The van der Waals surface area contributed by atoms with Crippen LogP contribution in [0.3, 0.4) is 0 Å². The predicted molar refractivity (Wildman–Crippen MR) is 89.0 cm³/mol. The maximum absolute atomic E-state index is 5.90. The molecule has 0 radical (unpaired) electrons. The Morgan fingerprint density at radius 1 is 1.27 bits per heavy atom. The lowest BCUT2D eigenvalue weighted by Gasteiger charge is -2.07. The number of imidazole rings is 1. The van der Waals surface area contributed by atoms with Crippen molar-refractivity contribution in [2.75, 3.05) is 19.4 Å². The van der Waals surface area contributed by atoms with Crippen LogP contribution < -0.4 is 15.8 Å². The quantitative estimate of drug-likeness (QED) is 0.711. The summed E-state index contributed by atoms with van der Waals surface area (Å²) in [6.07, 6.45) is 2.02. The molecule has 2 aromatic heterocycles. The molecule has 0 bridgehead atoms. The molecule has 2 heterocycles. The van der Waals surface area contributed by atoms with Crippen molar-refractivity contribution in [3.63, 3.8) is 0 Å². The molecule has 0 aliphatic carbocycles. The lowest BCUT2D eigenvalue weighted by molar-refractivity contribution is 0.417. The normalized spacial score (nSPS) is 11.0. The Kier molecular flexibility index (Phi) is 3.98. The minimum atomic E-state index is 0.625. The minimum Gasteiger partial charge on any atom is -0.495 e. The predicted octanol–water partition coefficient (Wildman–Crippen LogP) is 2.70. The van der Waals surface area contributed by atoms with Crippen molar-refractivity contribution in [2.45, 2.75) is 13.5 Å². The zero-order valence-corrected chi connectivity index (χ0v) is 12.8. The number of anilines is 1. The Morgan fingerprint density at radius 3 is 2.91 bits per heavy atom. The van der Waals surface area contributed by atoms with E-state index in [1.54, 1.807) is 7.11 Å². The molecule has 22 heavy (non-hydrogen) atoms. The summed E-state index contributed by atoms with van der Waals surface area (Å²) in [6.45, 7) is 3.75. The Bertz CT molecular complexity index is 794. The second-order valence-electron chi connectivity index (χ2n) is 5.08. The number of hydrogen-bond donors (Lipinski definition) is 2. The van der Waals surface area contributed by atoms with Crippen LogP contribution >= 0.6 is 0 Å². The van der Waals surface area contributed by atoms with Crippen LogP contribution in [0, 0.1) is 0 Å². The lowest BCUT2D eigenvalue weighted by Crippen LogP contribution is -2.12. The molecule has 0 unspecified atom stereocenters. The van der Waals surface area contributed by atoms with Crippen molar-refractivity contribution in [1.29, 1.82) is 0 Å². The summed E-state index contributed by atoms with van der Waals surface area (Å²) >= 11 is 0. The first-order chi connectivity index (χ1) is 10.7. The highest BCUT2D eigenvalue weighted by molar-refractivity contribution is 5.70. The first kappa shape index (κ1) is 14.4. The Labute approximate surface area is 129 Å². The molecule has 0 aliphatic heterocycles. The number of aromatic nitrogens is 2. The number of pyridine rings is 1. The molecule has 114 valence electrons. The van der Waals surface area contributed by atoms with Gasteiger partial charge in [-0.3, -0.25) is 4.40 Å². The fraction of sp³-hybridized carbons (Fsp3) is 0.235. The molecule has 3 aromatic rings. The summed E-state index contributed by atoms with van der Waals surface area (Å²) in [6, 6.07) is 11.9. The molecule has 0 atom stereocenters. The zero-order chi connectivity index (χ0) is 15.5. The van der Waals surface area contributed by atoms with Crippen molar-refractivity contribution < 1.29 is 4.74 Å². The van der Waals surface area contributed by atoms with Crippen molar-refractivity contribution in [3.8, 4) is 17.1 Å². The summed E-state index contributed by atoms with van der Waals surface area (Å²) in [7, 11) is 1.62. The van der Waals surface area contributed by atoms with Gasteiger partial charge in [-0.1, -0.05) is 13.0 Å². The molecule has 5 nitrogen and oxygen atoms in total. The van der Waals surface area contributed by atoms with Gasteiger partial charge in [0.25, 0.3) is 0 Å². The highest BCUT2D eigenvalue weighted by atomic mass is 16.5. The van der Waals surface area contributed by atoms with Gasteiger partial charge < -0.3 is 15.8 Å². The molecular weight excluding hydrogens is 276 g/mol. The molecule has 3 N–H and O–H groups in total. The molecule has 0 fully saturated rings. The van der Waals surface area contributed by atoms with Gasteiger partial charge in [0.05, 0.1) is 24.0 Å². The van der Waals surface area contributed by atoms with Crippen LogP contribution in [-0.4, -0.2) is 23.0 Å². The van der Waals surface area contributed by atoms with Gasteiger partial charge >= 0.3 is 0 Å². The van der Waals surface area contributed by atoms with Crippen LogP contribution in [0.1, 0.15) is 12.6 Å². The molecule has 1 aromatic carbocycles. The SMILES string of the molecule is CCNCc1nc(-c2ccc(N)c(OC)c2)n2ccccc12. The topological polar surface area (TPSA) is 64.6 Å². The summed E-state index contributed by atoms with van der Waals surface area (Å²) in [5.74, 6) is 1.56. The minimum absolute atomic E-state index is 0.625. The third-order valence-corrected chi connectivity index (χ3v) is 3.66. The summed E-state index contributed by atoms with van der Waals surface area (Å²) in [5.41, 5.74) is 9.65. The van der Waals surface area contributed by atoms with Crippen LogP contribution in [0.5, 0.6) is 5.75 Å². The van der Waals surface area contributed by atoms with E-state index in [0.29, 0.717) is 11.4 Å². The van der Waals surface area contributed by atoms with E-state index in [1.807, 2.05) is 36.5 Å². The standard InChI is InChI=1S/C17H20N4O/c1-3-19-11-14-15-6-4-5-9-21(15)17(20-14)12-7-8-13(18)16(10-12)22-2/h4-10,19H,3,11,18H2,1-2H3. The molecule has 5 heteroatoms. The van der Waals surface area contributed by atoms with E-state index in [1.165, 1.54) is 0 Å². The highest BCUT2D eigenvalue weighted by Gasteiger charge is 2.13. The maximum Gasteiger partial charge on any atom is 0.145 e. The maximum atomic E-state index is 5.90. The zero-order valence-electron chi connectivity index (χ0n) is 12.8. The van der Waals surface area contributed by atoms with Crippen molar-refractivity contribution in [1.82, 2.24) is 14.7 Å². The number of nitrogens with two attached hydrogens (primary N) is 1. The van der Waals surface area contributed by atoms with Crippen LogP contribution in [0.4, 0.5) is 5.69 Å². The second kappa shape index (κ2) is 6.07. The van der Waals surface area contributed by atoms with E-state index in [0.717, 1.165) is 35.7 Å². The van der Waals surface area contributed by atoms with Crippen molar-refractivity contribution in [3.05, 3.63) is 48.3 Å². The average molecular weight is 296 g/mol. The third kappa shape index (κ3) is 2.51. The number of nitrogens with zero attached hydrogens (tertiary/aromatic N) is 2. The van der Waals surface area contributed by atoms with Gasteiger partial charge in [0.1, 0.15) is 11.6 Å². The van der Waals surface area contributed by atoms with Crippen LogP contribution in [0.25, 0.3) is 16.9 Å². The van der Waals surface area contributed by atoms with Gasteiger partial charge in [0.2, 0.25) is 0 Å². The molecule has 0 saturated heterocycles. The van der Waals surface area contributed by atoms with Crippen LogP contribution in [0.2, 0.25) is 0 Å². The molecule has 0 saturated carbocycles. The summed E-state index contributed by atoms with van der Waals surface area (Å²) in [4.78, 5) is 4.81. The molecule has 0 spiro atoms. The number of ether oxygens (including phenoxy) is 1. The Balaban J connectivity index is 2.14. The number of fused-ring (bicyclic) bond motifs is 1. The Morgan fingerprint density at radius 2 is 2.14 bits per heavy atom. The monoisotopic (exact) mass is 296 g/mol. The first-order valence-corrected chi connectivity index (χ1v) is 7.35. The van der Waals surface area contributed by atoms with Crippen molar-refractivity contribution >= 4 is 11.2 Å². The van der Waals surface area contributed by atoms with E-state index in [-0.39, 0.29) is 0 Å². The molecule has 0 amide bonds. The number of nitrogens with one attached hydrogen (secondary N) is 1. The van der Waals surface area contributed by atoms with Gasteiger partial charge in [-0.25, -0.2) is 4.98 Å². The molecule has 3 rings (SSSR count). The average Bonchev–Trinajstić information content (AvgIpc) is 2.92. The molecule has 0 aliphatic rings. The third-order valence-electron chi connectivity index (χ3n) is 3.66. The number of nitrogen functional groups attached to an aromatic ring is 1. The van der Waals surface area contributed by atoms with Crippen LogP contribution in [-0.2, 0) is 6.54 Å². The number of benzene rings is 1. The second-order valence-corrected chi connectivity index (χ2v) is 5.08. The fourth-order valence-corrected chi connectivity index (χ4v) is 2.53. The fourth-order valence-electron chi connectivity index (χ4n) is 2.53. The van der Waals surface area contributed by atoms with Gasteiger partial charge in [0, 0.05) is 18.3 Å². The van der Waals surface area contributed by atoms with E-state index in [4.69, 9.17) is 15.5 Å².